The third-order valence-corrected chi connectivity index (χ3v) is 10.7. The fourth-order valence-corrected chi connectivity index (χ4v) is 9.41. The number of hydrogen-bond acceptors (Lipinski definition) is 4. The van der Waals surface area contributed by atoms with Gasteiger partial charge in [-0.3, -0.25) is 4.18 Å². The van der Waals surface area contributed by atoms with E-state index >= 15 is 0 Å². The van der Waals surface area contributed by atoms with Crippen LogP contribution in [0.15, 0.2) is 0 Å². The van der Waals surface area contributed by atoms with Gasteiger partial charge in [0, 0.05) is 6.61 Å². The minimum atomic E-state index is -3.38. The van der Waals surface area contributed by atoms with E-state index in [1.165, 1.54) is 0 Å². The van der Waals surface area contributed by atoms with Gasteiger partial charge in [-0.25, -0.2) is 0 Å². The molecule has 0 rings (SSSR count). The van der Waals surface area contributed by atoms with Crippen LogP contribution in [0.5, 0.6) is 0 Å². The lowest BCUT2D eigenvalue weighted by Gasteiger charge is -2.42. The van der Waals surface area contributed by atoms with Gasteiger partial charge in [0.05, 0.1) is 12.4 Å². The highest BCUT2D eigenvalue weighted by Gasteiger charge is 2.44. The Labute approximate surface area is 126 Å². The van der Waals surface area contributed by atoms with Crippen LogP contribution in [-0.2, 0) is 18.7 Å². The first kappa shape index (κ1) is 20.1. The fourth-order valence-electron chi connectivity index (χ4n) is 3.25. The monoisotopic (exact) mass is 324 g/mol. The molecule has 0 unspecified atom stereocenters. The van der Waals surface area contributed by atoms with E-state index in [9.17, 15) is 8.42 Å². The van der Waals surface area contributed by atoms with E-state index in [1.807, 2.05) is 0 Å². The summed E-state index contributed by atoms with van der Waals surface area (Å²) in [4.78, 5) is 0. The molecule has 6 heteroatoms. The SMILES string of the molecule is CC(C)[Si](OCC[C@H](C)OS(C)(=O)=O)(C(C)C)C(C)C. The average Bonchev–Trinajstić information content (AvgIpc) is 2.19. The highest BCUT2D eigenvalue weighted by Crippen LogP contribution is 2.42. The van der Waals surface area contributed by atoms with Gasteiger partial charge in [0.2, 0.25) is 0 Å². The van der Waals surface area contributed by atoms with Crippen molar-refractivity contribution < 1.29 is 17.0 Å². The van der Waals surface area contributed by atoms with Gasteiger partial charge in [-0.05, 0) is 30.0 Å². The molecular formula is C14H32O4SSi. The molecule has 0 heterocycles. The first-order chi connectivity index (χ1) is 8.93. The molecule has 0 aromatic carbocycles. The molecule has 0 radical (unpaired) electrons. The molecule has 0 saturated heterocycles. The van der Waals surface area contributed by atoms with Crippen molar-refractivity contribution in [3.05, 3.63) is 0 Å². The first-order valence-electron chi connectivity index (χ1n) is 7.45. The summed E-state index contributed by atoms with van der Waals surface area (Å²) in [5, 5.41) is 0. The highest BCUT2D eigenvalue weighted by molar-refractivity contribution is 7.86. The van der Waals surface area contributed by atoms with Crippen LogP contribution in [0.1, 0.15) is 54.9 Å². The summed E-state index contributed by atoms with van der Waals surface area (Å²) in [5.74, 6) is 0. The molecule has 0 aromatic rings. The molecule has 0 aromatic heterocycles. The van der Waals surface area contributed by atoms with Gasteiger partial charge < -0.3 is 4.43 Å². The van der Waals surface area contributed by atoms with Gasteiger partial charge in [0.15, 0.2) is 8.32 Å². The van der Waals surface area contributed by atoms with Crippen molar-refractivity contribution >= 4 is 18.4 Å². The van der Waals surface area contributed by atoms with Gasteiger partial charge in [-0.2, -0.15) is 8.42 Å². The second kappa shape index (κ2) is 7.92. The Morgan fingerprint density at radius 3 is 1.60 bits per heavy atom. The minimum absolute atomic E-state index is 0.330. The smallest absolute Gasteiger partial charge is 0.264 e. The molecular weight excluding hydrogens is 292 g/mol. The molecule has 0 fully saturated rings. The van der Waals surface area contributed by atoms with Crippen LogP contribution < -0.4 is 0 Å². The quantitative estimate of drug-likeness (QED) is 0.476. The summed E-state index contributed by atoms with van der Waals surface area (Å²) in [6, 6.07) is 0. The van der Waals surface area contributed by atoms with Gasteiger partial charge in [-0.15, -0.1) is 0 Å². The maximum Gasteiger partial charge on any atom is 0.264 e. The van der Waals surface area contributed by atoms with Crippen molar-refractivity contribution in [2.24, 2.45) is 0 Å². The lowest BCUT2D eigenvalue weighted by atomic mass is 10.3. The summed E-state index contributed by atoms with van der Waals surface area (Å²) in [5.41, 5.74) is 1.61. The van der Waals surface area contributed by atoms with Gasteiger partial charge in [-0.1, -0.05) is 41.5 Å². The number of rotatable bonds is 9. The number of hydrogen-bond donors (Lipinski definition) is 0. The molecule has 0 saturated carbocycles. The minimum Gasteiger partial charge on any atom is -0.416 e. The second-order valence-electron chi connectivity index (χ2n) is 6.57. The lowest BCUT2D eigenvalue weighted by Crippen LogP contribution is -2.48. The molecule has 20 heavy (non-hydrogen) atoms. The Balaban J connectivity index is 4.65. The summed E-state index contributed by atoms with van der Waals surface area (Å²) in [6.45, 7) is 15.8. The van der Waals surface area contributed by atoms with Crippen molar-refractivity contribution in [2.75, 3.05) is 12.9 Å². The summed E-state index contributed by atoms with van der Waals surface area (Å²) >= 11 is 0. The van der Waals surface area contributed by atoms with Gasteiger partial charge >= 0.3 is 0 Å². The van der Waals surface area contributed by atoms with Crippen molar-refractivity contribution in [2.45, 2.75) is 77.6 Å². The molecule has 1 atom stereocenters. The Kier molecular flexibility index (Phi) is 7.95. The van der Waals surface area contributed by atoms with Crippen LogP contribution in [0.2, 0.25) is 16.6 Å². The summed E-state index contributed by atoms with van der Waals surface area (Å²) in [7, 11) is -5.24. The average molecular weight is 325 g/mol. The standard InChI is InChI=1S/C14H32O4SSi/c1-11(2)20(12(3)4,13(5)6)17-10-9-14(7)18-19(8,15)16/h11-14H,9-10H2,1-8H3/t14-/m0/s1. The van der Waals surface area contributed by atoms with Crippen molar-refractivity contribution in [1.29, 1.82) is 0 Å². The molecule has 0 aliphatic rings. The van der Waals surface area contributed by atoms with E-state index in [2.05, 4.69) is 41.5 Å². The van der Waals surface area contributed by atoms with Crippen LogP contribution in [0.3, 0.4) is 0 Å². The zero-order valence-corrected chi connectivity index (χ0v) is 16.1. The predicted octanol–water partition coefficient (Wildman–Crippen LogP) is 3.93. The molecule has 0 amide bonds. The maximum absolute atomic E-state index is 11.1. The van der Waals surface area contributed by atoms with Gasteiger partial charge in [0.1, 0.15) is 0 Å². The predicted molar refractivity (Wildman–Crippen MR) is 87.0 cm³/mol. The Morgan fingerprint density at radius 1 is 0.900 bits per heavy atom. The fraction of sp³-hybridized carbons (Fsp3) is 1.00. The maximum atomic E-state index is 11.1. The summed E-state index contributed by atoms with van der Waals surface area (Å²) < 4.78 is 33.4. The van der Waals surface area contributed by atoms with E-state index in [4.69, 9.17) is 8.61 Å². The third kappa shape index (κ3) is 5.83. The largest absolute Gasteiger partial charge is 0.416 e. The van der Waals surface area contributed by atoms with Crippen LogP contribution >= 0.6 is 0 Å². The Morgan fingerprint density at radius 2 is 1.30 bits per heavy atom. The Bertz CT molecular complexity index is 355. The van der Waals surface area contributed by atoms with Crippen LogP contribution in [-0.4, -0.2) is 35.7 Å². The van der Waals surface area contributed by atoms with Crippen LogP contribution in [0.4, 0.5) is 0 Å². The van der Waals surface area contributed by atoms with Crippen molar-refractivity contribution in [3.8, 4) is 0 Å². The Hall–Kier alpha value is 0.0869. The van der Waals surface area contributed by atoms with Crippen LogP contribution in [0.25, 0.3) is 0 Å². The van der Waals surface area contributed by atoms with E-state index in [0.717, 1.165) is 6.26 Å². The molecule has 0 bridgehead atoms. The highest BCUT2D eigenvalue weighted by atomic mass is 32.2. The van der Waals surface area contributed by atoms with E-state index < -0.39 is 18.4 Å². The third-order valence-electron chi connectivity index (χ3n) is 3.92. The van der Waals surface area contributed by atoms with Gasteiger partial charge in [0.25, 0.3) is 10.1 Å². The van der Waals surface area contributed by atoms with Crippen molar-refractivity contribution in [1.82, 2.24) is 0 Å². The normalized spacial score (nSPS) is 15.3. The molecule has 4 nitrogen and oxygen atoms in total. The first-order valence-corrected chi connectivity index (χ1v) is 11.4. The van der Waals surface area contributed by atoms with E-state index in [-0.39, 0.29) is 6.10 Å². The molecule has 0 N–H and O–H groups in total. The molecule has 0 aliphatic heterocycles. The van der Waals surface area contributed by atoms with E-state index in [0.29, 0.717) is 29.7 Å². The molecule has 0 aliphatic carbocycles. The zero-order valence-electron chi connectivity index (χ0n) is 14.3. The molecule has 0 spiro atoms. The van der Waals surface area contributed by atoms with E-state index in [1.54, 1.807) is 6.92 Å². The summed E-state index contributed by atoms with van der Waals surface area (Å²) in [6.07, 6.45) is 1.36. The zero-order chi connectivity index (χ0) is 16.1. The second-order valence-corrected chi connectivity index (χ2v) is 13.6. The molecule has 122 valence electrons. The lowest BCUT2D eigenvalue weighted by molar-refractivity contribution is 0.175. The van der Waals surface area contributed by atoms with Crippen LogP contribution in [0, 0.1) is 0 Å². The van der Waals surface area contributed by atoms with Crippen molar-refractivity contribution in [3.63, 3.8) is 0 Å². The topological polar surface area (TPSA) is 52.6 Å².